The number of amides is 1. The van der Waals surface area contributed by atoms with Crippen molar-refractivity contribution in [1.29, 1.82) is 0 Å². The van der Waals surface area contributed by atoms with Gasteiger partial charge in [-0.2, -0.15) is 0 Å². The van der Waals surface area contributed by atoms with Crippen molar-refractivity contribution in [2.24, 2.45) is 11.7 Å². The quantitative estimate of drug-likeness (QED) is 0.678. The second-order valence-electron chi connectivity index (χ2n) is 6.92. The molecule has 0 aliphatic carbocycles. The lowest BCUT2D eigenvalue weighted by molar-refractivity contribution is 0.0789. The number of hydrogen-bond acceptors (Lipinski definition) is 4. The summed E-state index contributed by atoms with van der Waals surface area (Å²) in [5.41, 5.74) is 6.95. The van der Waals surface area contributed by atoms with Crippen molar-refractivity contribution in [2.75, 3.05) is 18.3 Å². The number of benzene rings is 2. The Hall–Kier alpha value is -2.09. The van der Waals surface area contributed by atoms with E-state index in [2.05, 4.69) is 18.6 Å². The molecule has 0 aromatic heterocycles. The molecule has 6 nitrogen and oxygen atoms in total. The van der Waals surface area contributed by atoms with Crippen LogP contribution in [0.2, 0.25) is 0 Å². The van der Waals surface area contributed by atoms with Gasteiger partial charge < -0.3 is 10.6 Å². The maximum absolute atomic E-state index is 12.5. The van der Waals surface area contributed by atoms with Gasteiger partial charge in [0.25, 0.3) is 15.9 Å². The van der Waals surface area contributed by atoms with Crippen LogP contribution in [0.3, 0.4) is 0 Å². The van der Waals surface area contributed by atoms with Gasteiger partial charge in [-0.15, -0.1) is 12.4 Å². The highest BCUT2D eigenvalue weighted by molar-refractivity contribution is 7.92. The van der Waals surface area contributed by atoms with E-state index in [0.29, 0.717) is 30.1 Å². The first-order valence-corrected chi connectivity index (χ1v) is 10.4. The summed E-state index contributed by atoms with van der Waals surface area (Å²) in [6, 6.07) is 14.6. The van der Waals surface area contributed by atoms with Crippen LogP contribution in [0.15, 0.2) is 59.5 Å². The fraction of sp³-hybridized carbons (Fsp3) is 0.350. The van der Waals surface area contributed by atoms with E-state index in [0.717, 1.165) is 0 Å². The van der Waals surface area contributed by atoms with Gasteiger partial charge in [0.15, 0.2) is 0 Å². The Bertz CT molecular complexity index is 856. The van der Waals surface area contributed by atoms with Crippen molar-refractivity contribution in [1.82, 2.24) is 4.90 Å². The van der Waals surface area contributed by atoms with Crippen molar-refractivity contribution >= 4 is 34.0 Å². The zero-order valence-corrected chi connectivity index (χ0v) is 18.0. The molecule has 28 heavy (non-hydrogen) atoms. The summed E-state index contributed by atoms with van der Waals surface area (Å²) in [5, 5.41) is 0. The molecule has 0 aliphatic heterocycles. The smallest absolute Gasteiger partial charge is 0.261 e. The number of anilines is 1. The van der Waals surface area contributed by atoms with E-state index in [9.17, 15) is 13.2 Å². The van der Waals surface area contributed by atoms with Gasteiger partial charge in [0.2, 0.25) is 0 Å². The van der Waals surface area contributed by atoms with Crippen LogP contribution in [0, 0.1) is 5.92 Å². The number of rotatable bonds is 8. The van der Waals surface area contributed by atoms with E-state index in [-0.39, 0.29) is 29.3 Å². The molecule has 8 heteroatoms. The molecule has 0 aliphatic rings. The minimum Gasteiger partial charge on any atom is -0.342 e. The summed E-state index contributed by atoms with van der Waals surface area (Å²) >= 11 is 0. The summed E-state index contributed by atoms with van der Waals surface area (Å²) in [5.74, 6) is 0.195. The first-order chi connectivity index (χ1) is 12.7. The summed E-state index contributed by atoms with van der Waals surface area (Å²) in [7, 11) is -1.98. The molecule has 0 saturated heterocycles. The number of nitrogens with zero attached hydrogens (tertiary/aromatic N) is 1. The predicted molar refractivity (Wildman–Crippen MR) is 115 cm³/mol. The molecule has 0 saturated carbocycles. The minimum absolute atomic E-state index is 0. The van der Waals surface area contributed by atoms with Crippen LogP contribution in [0.1, 0.15) is 30.6 Å². The zero-order valence-electron chi connectivity index (χ0n) is 16.3. The molecule has 0 fully saturated rings. The Balaban J connectivity index is 0.00000392. The van der Waals surface area contributed by atoms with Crippen LogP contribution in [-0.2, 0) is 10.0 Å². The van der Waals surface area contributed by atoms with Crippen molar-refractivity contribution in [3.8, 4) is 0 Å². The molecule has 2 aromatic rings. The average molecular weight is 426 g/mol. The van der Waals surface area contributed by atoms with E-state index in [1.54, 1.807) is 36.2 Å². The average Bonchev–Trinajstić information content (AvgIpc) is 2.65. The molecule has 154 valence electrons. The highest BCUT2D eigenvalue weighted by atomic mass is 35.5. The third-order valence-corrected chi connectivity index (χ3v) is 5.84. The van der Waals surface area contributed by atoms with Gasteiger partial charge in [-0.1, -0.05) is 32.0 Å². The molecular weight excluding hydrogens is 398 g/mol. The normalized spacial score (nSPS) is 12.2. The molecule has 1 atom stereocenters. The molecule has 3 N–H and O–H groups in total. The van der Waals surface area contributed by atoms with Crippen LogP contribution >= 0.6 is 12.4 Å². The Morgan fingerprint density at radius 3 is 2.18 bits per heavy atom. The van der Waals surface area contributed by atoms with Gasteiger partial charge in [-0.05, 0) is 48.7 Å². The first kappa shape index (κ1) is 23.9. The number of para-hydroxylation sites is 1. The number of nitrogens with one attached hydrogen (secondary N) is 1. The Kier molecular flexibility index (Phi) is 8.94. The topological polar surface area (TPSA) is 92.5 Å². The third kappa shape index (κ3) is 6.51. The van der Waals surface area contributed by atoms with Crippen molar-refractivity contribution in [2.45, 2.75) is 31.2 Å². The number of carbonyl (C=O) groups is 1. The maximum atomic E-state index is 12.5. The zero-order chi connectivity index (χ0) is 20.0. The van der Waals surface area contributed by atoms with E-state index in [1.165, 1.54) is 24.3 Å². The van der Waals surface area contributed by atoms with E-state index in [1.807, 2.05) is 6.07 Å². The van der Waals surface area contributed by atoms with Crippen molar-refractivity contribution in [3.05, 3.63) is 60.2 Å². The van der Waals surface area contributed by atoms with E-state index in [4.69, 9.17) is 5.73 Å². The summed E-state index contributed by atoms with van der Waals surface area (Å²) in [6.07, 6.45) is 0.716. The minimum atomic E-state index is -3.70. The first-order valence-electron chi connectivity index (χ1n) is 8.89. The summed E-state index contributed by atoms with van der Waals surface area (Å²) < 4.78 is 27.4. The van der Waals surface area contributed by atoms with Gasteiger partial charge in [0.1, 0.15) is 0 Å². The second-order valence-corrected chi connectivity index (χ2v) is 8.60. The molecule has 0 radical (unpaired) electrons. The van der Waals surface area contributed by atoms with Crippen molar-refractivity contribution < 1.29 is 13.2 Å². The molecule has 0 spiro atoms. The van der Waals surface area contributed by atoms with Gasteiger partial charge in [-0.3, -0.25) is 9.52 Å². The molecule has 1 unspecified atom stereocenters. The summed E-state index contributed by atoms with van der Waals surface area (Å²) in [6.45, 7) is 4.65. The molecule has 0 heterocycles. The van der Waals surface area contributed by atoms with E-state index >= 15 is 0 Å². The Morgan fingerprint density at radius 1 is 1.07 bits per heavy atom. The van der Waals surface area contributed by atoms with Crippen LogP contribution < -0.4 is 10.5 Å². The maximum Gasteiger partial charge on any atom is 0.261 e. The Morgan fingerprint density at radius 2 is 1.64 bits per heavy atom. The van der Waals surface area contributed by atoms with Crippen molar-refractivity contribution in [3.63, 3.8) is 0 Å². The fourth-order valence-electron chi connectivity index (χ4n) is 2.49. The third-order valence-electron chi connectivity index (χ3n) is 4.44. The lowest BCUT2D eigenvalue weighted by atomic mass is 10.0. The molecule has 0 bridgehead atoms. The van der Waals surface area contributed by atoms with Gasteiger partial charge in [-0.25, -0.2) is 8.42 Å². The monoisotopic (exact) mass is 425 g/mol. The van der Waals surface area contributed by atoms with Gasteiger partial charge >= 0.3 is 0 Å². The largest absolute Gasteiger partial charge is 0.342 e. The number of nitrogens with two attached hydrogens (primary N) is 1. The van der Waals surface area contributed by atoms with Crippen LogP contribution in [0.25, 0.3) is 0 Å². The second kappa shape index (κ2) is 10.5. The predicted octanol–water partition coefficient (Wildman–Crippen LogP) is 3.35. The lowest BCUT2D eigenvalue weighted by Crippen LogP contribution is -2.34. The number of carbonyl (C=O) groups excluding carboxylic acids is 1. The molecule has 1 amide bonds. The number of halogens is 1. The number of hydrogen-bond donors (Lipinski definition) is 2. The number of sulfonamides is 1. The highest BCUT2D eigenvalue weighted by Gasteiger charge is 2.17. The van der Waals surface area contributed by atoms with Gasteiger partial charge in [0, 0.05) is 30.9 Å². The molecule has 2 aromatic carbocycles. The van der Waals surface area contributed by atoms with Crippen LogP contribution in [0.5, 0.6) is 0 Å². The Labute approximate surface area is 173 Å². The van der Waals surface area contributed by atoms with Gasteiger partial charge in [0.05, 0.1) is 4.90 Å². The summed E-state index contributed by atoms with van der Waals surface area (Å²) in [4.78, 5) is 14.2. The molecular formula is C20H28ClN3O3S. The van der Waals surface area contributed by atoms with Crippen LogP contribution in [-0.4, -0.2) is 38.9 Å². The fourth-order valence-corrected chi connectivity index (χ4v) is 3.55. The van der Waals surface area contributed by atoms with E-state index < -0.39 is 10.0 Å². The standard InChI is InChI=1S/C20H27N3O3S.ClH/c1-15(2)19(21)13-14-23(3)20(24)16-9-11-18(12-10-16)27(25,26)22-17-7-5-4-6-8-17;/h4-12,15,19,22H,13-14,21H2,1-3H3;1H. The lowest BCUT2D eigenvalue weighted by Gasteiger charge is -2.21. The SMILES string of the molecule is CC(C)C(N)CCN(C)C(=O)c1ccc(S(=O)(=O)Nc2ccccc2)cc1.Cl. The highest BCUT2D eigenvalue weighted by Crippen LogP contribution is 2.17. The van der Waals surface area contributed by atoms with Crippen LogP contribution in [0.4, 0.5) is 5.69 Å². The molecule has 2 rings (SSSR count).